The molecule has 150 valence electrons. The predicted octanol–water partition coefficient (Wildman–Crippen LogP) is 4.65. The van der Waals surface area contributed by atoms with Gasteiger partial charge in [-0.15, -0.1) is 10.2 Å². The number of thioether (sulfide) groups is 1. The van der Waals surface area contributed by atoms with Crippen molar-refractivity contribution in [1.29, 1.82) is 0 Å². The topological polar surface area (TPSA) is 103 Å². The minimum absolute atomic E-state index is 0.0833. The lowest BCUT2D eigenvalue weighted by atomic mass is 10.2. The number of nitrogens with one attached hydrogen (secondary N) is 1. The predicted molar refractivity (Wildman–Crippen MR) is 113 cm³/mol. The average Bonchev–Trinajstić information content (AvgIpc) is 3.10. The van der Waals surface area contributed by atoms with E-state index in [1.165, 1.54) is 30.0 Å². The van der Waals surface area contributed by atoms with Crippen molar-refractivity contribution in [3.8, 4) is 11.4 Å². The molecule has 1 aromatic heterocycles. The molecule has 1 unspecified atom stereocenters. The number of benzene rings is 2. The van der Waals surface area contributed by atoms with E-state index in [0.717, 1.165) is 5.56 Å². The summed E-state index contributed by atoms with van der Waals surface area (Å²) < 4.78 is 1.91. The summed E-state index contributed by atoms with van der Waals surface area (Å²) in [6.07, 6.45) is 0. The molecule has 0 spiro atoms. The molecule has 0 saturated carbocycles. The molecule has 0 aliphatic heterocycles. The van der Waals surface area contributed by atoms with Crippen LogP contribution in [0.5, 0.6) is 0 Å². The number of nitro groups is 1. The molecule has 1 N–H and O–H groups in total. The van der Waals surface area contributed by atoms with Gasteiger partial charge in [0.05, 0.1) is 10.2 Å². The molecule has 0 aliphatic carbocycles. The van der Waals surface area contributed by atoms with Gasteiger partial charge in [-0.1, -0.05) is 41.6 Å². The van der Waals surface area contributed by atoms with Crippen LogP contribution in [0.1, 0.15) is 13.8 Å². The van der Waals surface area contributed by atoms with E-state index < -0.39 is 10.2 Å². The van der Waals surface area contributed by atoms with Crippen LogP contribution in [-0.4, -0.2) is 30.8 Å². The highest BCUT2D eigenvalue weighted by atomic mass is 35.5. The molecule has 0 aliphatic rings. The van der Waals surface area contributed by atoms with E-state index >= 15 is 0 Å². The van der Waals surface area contributed by atoms with Crippen LogP contribution >= 0.6 is 23.4 Å². The molecule has 2 aromatic carbocycles. The third-order valence-electron chi connectivity index (χ3n) is 4.09. The minimum atomic E-state index is -0.505. The normalized spacial score (nSPS) is 11.8. The van der Waals surface area contributed by atoms with Crippen LogP contribution in [0, 0.1) is 10.1 Å². The first-order valence-corrected chi connectivity index (χ1v) is 10.1. The van der Waals surface area contributed by atoms with Crippen molar-refractivity contribution in [2.75, 3.05) is 5.32 Å². The second-order valence-electron chi connectivity index (χ2n) is 6.12. The number of non-ortho nitro benzene ring substituents is 1. The highest BCUT2D eigenvalue weighted by Gasteiger charge is 2.21. The summed E-state index contributed by atoms with van der Waals surface area (Å²) in [4.78, 5) is 22.9. The van der Waals surface area contributed by atoms with E-state index in [1.54, 1.807) is 19.1 Å². The Morgan fingerprint density at radius 2 is 2.03 bits per heavy atom. The zero-order valence-corrected chi connectivity index (χ0v) is 17.3. The van der Waals surface area contributed by atoms with E-state index in [0.29, 0.717) is 28.2 Å². The van der Waals surface area contributed by atoms with Crippen molar-refractivity contribution in [3.63, 3.8) is 0 Å². The van der Waals surface area contributed by atoms with Gasteiger partial charge in [-0.05, 0) is 32.0 Å². The molecule has 0 fully saturated rings. The summed E-state index contributed by atoms with van der Waals surface area (Å²) in [7, 11) is 0. The lowest BCUT2D eigenvalue weighted by Gasteiger charge is -2.13. The number of aromatic nitrogens is 3. The smallest absolute Gasteiger partial charge is 0.271 e. The van der Waals surface area contributed by atoms with Crippen molar-refractivity contribution >= 4 is 40.6 Å². The Bertz CT molecular complexity index is 1060. The van der Waals surface area contributed by atoms with E-state index in [-0.39, 0.29) is 11.6 Å². The fraction of sp³-hybridized carbons (Fsp3) is 0.211. The van der Waals surface area contributed by atoms with Crippen molar-refractivity contribution in [2.24, 2.45) is 0 Å². The summed E-state index contributed by atoms with van der Waals surface area (Å²) in [6.45, 7) is 4.33. The summed E-state index contributed by atoms with van der Waals surface area (Å²) in [5.41, 5.74) is 1.13. The van der Waals surface area contributed by atoms with Crippen molar-refractivity contribution in [1.82, 2.24) is 14.8 Å². The Labute approximate surface area is 176 Å². The molecule has 10 heteroatoms. The highest BCUT2D eigenvalue weighted by molar-refractivity contribution is 8.00. The maximum absolute atomic E-state index is 12.5. The Morgan fingerprint density at radius 3 is 2.72 bits per heavy atom. The van der Waals surface area contributed by atoms with Crippen molar-refractivity contribution in [2.45, 2.75) is 30.8 Å². The van der Waals surface area contributed by atoms with Gasteiger partial charge in [-0.25, -0.2) is 0 Å². The van der Waals surface area contributed by atoms with Crippen LogP contribution in [0.25, 0.3) is 11.4 Å². The fourth-order valence-corrected chi connectivity index (χ4v) is 3.76. The standard InChI is InChI=1S/C19H18ClN5O3S/c1-3-24-17(13-6-4-7-14(20)10-13)22-23-19(24)29-12(2)18(26)21-15-8-5-9-16(11-15)25(27)28/h4-12H,3H2,1-2H3,(H,21,26). The van der Waals surface area contributed by atoms with E-state index in [4.69, 9.17) is 11.6 Å². The van der Waals surface area contributed by atoms with Crippen LogP contribution in [0.3, 0.4) is 0 Å². The summed E-state index contributed by atoms with van der Waals surface area (Å²) in [5, 5.41) is 22.8. The first kappa shape index (κ1) is 20.8. The lowest BCUT2D eigenvalue weighted by Crippen LogP contribution is -2.23. The second-order valence-corrected chi connectivity index (χ2v) is 7.86. The van der Waals surface area contributed by atoms with E-state index in [1.807, 2.05) is 29.7 Å². The SMILES string of the molecule is CCn1c(SC(C)C(=O)Nc2cccc([N+](=O)[O-])c2)nnc1-c1cccc(Cl)c1. The average molecular weight is 432 g/mol. The van der Waals surface area contributed by atoms with Gasteiger partial charge in [0.25, 0.3) is 5.69 Å². The Balaban J connectivity index is 1.75. The number of anilines is 1. The van der Waals surface area contributed by atoms with E-state index in [2.05, 4.69) is 15.5 Å². The molecule has 8 nitrogen and oxygen atoms in total. The van der Waals surface area contributed by atoms with Gasteiger partial charge in [0.1, 0.15) is 0 Å². The monoisotopic (exact) mass is 431 g/mol. The highest BCUT2D eigenvalue weighted by Crippen LogP contribution is 2.28. The molecular weight excluding hydrogens is 414 g/mol. The summed E-state index contributed by atoms with van der Waals surface area (Å²) in [6, 6.07) is 13.2. The summed E-state index contributed by atoms with van der Waals surface area (Å²) >= 11 is 7.34. The van der Waals surface area contributed by atoms with Gasteiger partial charge in [-0.3, -0.25) is 14.9 Å². The number of nitro benzene ring substituents is 1. The molecule has 0 saturated heterocycles. The maximum atomic E-state index is 12.5. The van der Waals surface area contributed by atoms with Crippen LogP contribution in [0.2, 0.25) is 5.02 Å². The van der Waals surface area contributed by atoms with Gasteiger partial charge >= 0.3 is 0 Å². The van der Waals surface area contributed by atoms with Gasteiger partial charge in [-0.2, -0.15) is 0 Å². The zero-order chi connectivity index (χ0) is 21.0. The molecule has 3 rings (SSSR count). The molecular formula is C19H18ClN5O3S. The minimum Gasteiger partial charge on any atom is -0.325 e. The number of carbonyl (C=O) groups is 1. The third-order valence-corrected chi connectivity index (χ3v) is 5.41. The first-order valence-electron chi connectivity index (χ1n) is 8.80. The van der Waals surface area contributed by atoms with Gasteiger partial charge < -0.3 is 9.88 Å². The number of amides is 1. The third kappa shape index (κ3) is 4.93. The quantitative estimate of drug-likeness (QED) is 0.332. The Hall–Kier alpha value is -2.91. The van der Waals surface area contributed by atoms with Gasteiger partial charge in [0, 0.05) is 35.0 Å². The van der Waals surface area contributed by atoms with Crippen LogP contribution in [-0.2, 0) is 11.3 Å². The first-order chi connectivity index (χ1) is 13.9. The fourth-order valence-electron chi connectivity index (χ4n) is 2.65. The van der Waals surface area contributed by atoms with Crippen molar-refractivity contribution < 1.29 is 9.72 Å². The number of hydrogen-bond acceptors (Lipinski definition) is 6. The number of halogens is 1. The largest absolute Gasteiger partial charge is 0.325 e. The summed E-state index contributed by atoms with van der Waals surface area (Å²) in [5.74, 6) is 0.384. The molecule has 1 heterocycles. The number of rotatable bonds is 7. The Kier molecular flexibility index (Phi) is 6.50. The molecule has 1 atom stereocenters. The van der Waals surface area contributed by atoms with Crippen molar-refractivity contribution in [3.05, 3.63) is 63.7 Å². The van der Waals surface area contributed by atoms with Crippen LogP contribution in [0.15, 0.2) is 53.7 Å². The molecule has 0 bridgehead atoms. The van der Waals surface area contributed by atoms with Crippen LogP contribution in [0.4, 0.5) is 11.4 Å². The molecule has 1 amide bonds. The second kappa shape index (κ2) is 9.06. The number of nitrogens with zero attached hydrogens (tertiary/aromatic N) is 4. The number of carbonyl (C=O) groups excluding carboxylic acids is 1. The number of hydrogen-bond donors (Lipinski definition) is 1. The zero-order valence-electron chi connectivity index (χ0n) is 15.7. The van der Waals surface area contributed by atoms with Gasteiger partial charge in [0.15, 0.2) is 11.0 Å². The molecule has 0 radical (unpaired) electrons. The van der Waals surface area contributed by atoms with Gasteiger partial charge in [0.2, 0.25) is 5.91 Å². The Morgan fingerprint density at radius 1 is 1.28 bits per heavy atom. The van der Waals surface area contributed by atoms with E-state index in [9.17, 15) is 14.9 Å². The molecule has 29 heavy (non-hydrogen) atoms. The lowest BCUT2D eigenvalue weighted by molar-refractivity contribution is -0.384. The maximum Gasteiger partial charge on any atom is 0.271 e. The van der Waals surface area contributed by atoms with Crippen LogP contribution < -0.4 is 5.32 Å². The molecule has 3 aromatic rings.